The van der Waals surface area contributed by atoms with Crippen LogP contribution >= 0.6 is 0 Å². The number of aromatic nitrogens is 1. The van der Waals surface area contributed by atoms with Gasteiger partial charge in [-0.15, -0.1) is 0 Å². The summed E-state index contributed by atoms with van der Waals surface area (Å²) >= 11 is 0. The molecule has 2 rings (SSSR count). The van der Waals surface area contributed by atoms with Gasteiger partial charge >= 0.3 is 6.03 Å². The third kappa shape index (κ3) is 6.67. The molecule has 28 heavy (non-hydrogen) atoms. The van der Waals surface area contributed by atoms with Crippen molar-refractivity contribution in [1.82, 2.24) is 25.4 Å². The maximum atomic E-state index is 12.6. The number of pyridine rings is 1. The molecule has 2 N–H and O–H groups in total. The summed E-state index contributed by atoms with van der Waals surface area (Å²) in [5, 5.41) is 5.79. The molecule has 0 aromatic carbocycles. The van der Waals surface area contributed by atoms with Crippen molar-refractivity contribution in [2.75, 3.05) is 57.8 Å². The van der Waals surface area contributed by atoms with Gasteiger partial charge in [0.25, 0.3) is 0 Å². The number of piperazine rings is 1. The van der Waals surface area contributed by atoms with Gasteiger partial charge in [0, 0.05) is 57.6 Å². The molecule has 0 aliphatic carbocycles. The number of nitrogens with one attached hydrogen (secondary N) is 2. The summed E-state index contributed by atoms with van der Waals surface area (Å²) in [6.45, 7) is 9.50. The van der Waals surface area contributed by atoms with Crippen LogP contribution in [0.3, 0.4) is 0 Å². The first-order valence-electron chi connectivity index (χ1n) is 10.2. The number of rotatable bonds is 9. The number of carbonyl (C=O) groups is 2. The van der Waals surface area contributed by atoms with Crippen LogP contribution in [0.1, 0.15) is 32.3 Å². The molecule has 3 amide bonds. The second kappa shape index (κ2) is 11.5. The number of urea groups is 1. The fourth-order valence-corrected chi connectivity index (χ4v) is 3.17. The van der Waals surface area contributed by atoms with Crippen molar-refractivity contribution in [2.24, 2.45) is 0 Å². The minimum absolute atomic E-state index is 0.0814. The molecule has 1 saturated heterocycles. The fourth-order valence-electron chi connectivity index (χ4n) is 3.17. The van der Waals surface area contributed by atoms with E-state index in [1.54, 1.807) is 11.1 Å². The number of likely N-dealkylation sites (N-methyl/N-ethyl adjacent to an activating group) is 1. The predicted molar refractivity (Wildman–Crippen MR) is 111 cm³/mol. The van der Waals surface area contributed by atoms with E-state index in [9.17, 15) is 9.59 Å². The maximum absolute atomic E-state index is 12.6. The molecule has 0 bridgehead atoms. The number of hydrogen-bond acceptors (Lipinski definition) is 5. The van der Waals surface area contributed by atoms with E-state index in [1.165, 1.54) is 0 Å². The van der Waals surface area contributed by atoms with Crippen LogP contribution < -0.4 is 15.5 Å². The average Bonchev–Trinajstić information content (AvgIpc) is 2.71. The molecule has 0 saturated carbocycles. The zero-order chi connectivity index (χ0) is 20.4. The summed E-state index contributed by atoms with van der Waals surface area (Å²) in [4.78, 5) is 35.3. The van der Waals surface area contributed by atoms with Crippen LogP contribution in [-0.4, -0.2) is 79.6 Å². The third-order valence-corrected chi connectivity index (χ3v) is 4.79. The quantitative estimate of drug-likeness (QED) is 0.664. The second-order valence-electron chi connectivity index (χ2n) is 7.21. The first-order chi connectivity index (χ1) is 13.5. The summed E-state index contributed by atoms with van der Waals surface area (Å²) in [6, 6.07) is 3.67. The van der Waals surface area contributed by atoms with Crippen molar-refractivity contribution in [3.05, 3.63) is 23.9 Å². The molecule has 1 fully saturated rings. The number of nitrogens with zero attached hydrogens (tertiary/aromatic N) is 4. The van der Waals surface area contributed by atoms with E-state index in [0.717, 1.165) is 50.4 Å². The van der Waals surface area contributed by atoms with E-state index in [2.05, 4.69) is 32.5 Å². The van der Waals surface area contributed by atoms with Crippen LogP contribution in [0.2, 0.25) is 0 Å². The average molecular weight is 391 g/mol. The highest BCUT2D eigenvalue weighted by molar-refractivity contribution is 5.84. The van der Waals surface area contributed by atoms with Gasteiger partial charge in [-0.2, -0.15) is 0 Å². The number of amides is 3. The number of hydrogen-bond donors (Lipinski definition) is 2. The van der Waals surface area contributed by atoms with Crippen molar-refractivity contribution in [3.63, 3.8) is 0 Å². The molecule has 0 atom stereocenters. The van der Waals surface area contributed by atoms with Gasteiger partial charge in [-0.25, -0.2) is 9.78 Å². The normalized spacial score (nSPS) is 14.6. The van der Waals surface area contributed by atoms with Crippen molar-refractivity contribution in [1.29, 1.82) is 0 Å². The first-order valence-corrected chi connectivity index (χ1v) is 10.2. The Hall–Kier alpha value is -2.35. The Morgan fingerprint density at radius 3 is 2.57 bits per heavy atom. The van der Waals surface area contributed by atoms with Crippen molar-refractivity contribution >= 4 is 17.8 Å². The lowest BCUT2D eigenvalue weighted by Gasteiger charge is -2.34. The van der Waals surface area contributed by atoms with Gasteiger partial charge in [-0.1, -0.05) is 19.9 Å². The van der Waals surface area contributed by atoms with E-state index in [-0.39, 0.29) is 18.5 Å². The second-order valence-corrected chi connectivity index (χ2v) is 7.21. The molecule has 1 aromatic heterocycles. The van der Waals surface area contributed by atoms with Crippen molar-refractivity contribution in [3.8, 4) is 0 Å². The summed E-state index contributed by atoms with van der Waals surface area (Å²) in [5.41, 5.74) is 0.993. The van der Waals surface area contributed by atoms with E-state index in [0.29, 0.717) is 19.6 Å². The predicted octanol–water partition coefficient (Wildman–Crippen LogP) is 1.28. The molecule has 156 valence electrons. The molecule has 1 aliphatic heterocycles. The fraction of sp³-hybridized carbons (Fsp3) is 0.650. The molecule has 0 radical (unpaired) electrons. The zero-order valence-electron chi connectivity index (χ0n) is 17.4. The van der Waals surface area contributed by atoms with Gasteiger partial charge in [0.2, 0.25) is 5.91 Å². The Labute approximate surface area is 168 Å². The Balaban J connectivity index is 1.95. The van der Waals surface area contributed by atoms with Crippen LogP contribution in [-0.2, 0) is 11.3 Å². The topological polar surface area (TPSA) is 80.8 Å². The van der Waals surface area contributed by atoms with Gasteiger partial charge in [-0.3, -0.25) is 4.79 Å². The standard InChI is InChI=1S/C20H34N6O2/c1-4-8-21-18(27)16-26(10-5-2)20(28)23-15-17-7-6-9-22-19(17)25-13-11-24(3)12-14-25/h6-7,9H,4-5,8,10-16H2,1-3H3,(H,21,27)(H,23,28). The first kappa shape index (κ1) is 21.9. The minimum atomic E-state index is -0.221. The number of carbonyl (C=O) groups excluding carboxylic acids is 2. The number of anilines is 1. The molecule has 1 aromatic rings. The highest BCUT2D eigenvalue weighted by atomic mass is 16.2. The molecule has 0 unspecified atom stereocenters. The molecule has 0 spiro atoms. The van der Waals surface area contributed by atoms with Gasteiger partial charge in [0.15, 0.2) is 0 Å². The van der Waals surface area contributed by atoms with Crippen LogP contribution in [0, 0.1) is 0 Å². The lowest BCUT2D eigenvalue weighted by atomic mass is 10.2. The van der Waals surface area contributed by atoms with Gasteiger partial charge in [0.1, 0.15) is 12.4 Å². The Kier molecular flexibility index (Phi) is 9.00. The lowest BCUT2D eigenvalue weighted by molar-refractivity contribution is -0.121. The third-order valence-electron chi connectivity index (χ3n) is 4.79. The largest absolute Gasteiger partial charge is 0.355 e. The van der Waals surface area contributed by atoms with E-state index in [4.69, 9.17) is 0 Å². The van der Waals surface area contributed by atoms with Crippen LogP contribution in [0.25, 0.3) is 0 Å². The maximum Gasteiger partial charge on any atom is 0.318 e. The zero-order valence-corrected chi connectivity index (χ0v) is 17.4. The monoisotopic (exact) mass is 390 g/mol. The summed E-state index contributed by atoms with van der Waals surface area (Å²) < 4.78 is 0. The molecule has 1 aliphatic rings. The highest BCUT2D eigenvalue weighted by Gasteiger charge is 2.20. The van der Waals surface area contributed by atoms with E-state index in [1.807, 2.05) is 26.0 Å². The Bertz CT molecular complexity index is 631. The summed E-state index contributed by atoms with van der Waals surface area (Å²) in [6.07, 6.45) is 3.47. The van der Waals surface area contributed by atoms with Crippen molar-refractivity contribution in [2.45, 2.75) is 33.2 Å². The SMILES string of the molecule is CCCNC(=O)CN(CCC)C(=O)NCc1cccnc1N1CCN(C)CC1. The molecule has 8 nitrogen and oxygen atoms in total. The minimum Gasteiger partial charge on any atom is -0.355 e. The van der Waals surface area contributed by atoms with Crippen LogP contribution in [0.4, 0.5) is 10.6 Å². The Morgan fingerprint density at radius 1 is 1.14 bits per heavy atom. The van der Waals surface area contributed by atoms with Crippen LogP contribution in [0.5, 0.6) is 0 Å². The van der Waals surface area contributed by atoms with E-state index < -0.39 is 0 Å². The lowest BCUT2D eigenvalue weighted by Crippen LogP contribution is -2.46. The van der Waals surface area contributed by atoms with Gasteiger partial charge in [0.05, 0.1) is 0 Å². The molecular formula is C20H34N6O2. The smallest absolute Gasteiger partial charge is 0.318 e. The summed E-state index contributed by atoms with van der Waals surface area (Å²) in [7, 11) is 2.12. The van der Waals surface area contributed by atoms with Crippen LogP contribution in [0.15, 0.2) is 18.3 Å². The highest BCUT2D eigenvalue weighted by Crippen LogP contribution is 2.18. The van der Waals surface area contributed by atoms with Crippen molar-refractivity contribution < 1.29 is 9.59 Å². The molecule has 8 heteroatoms. The van der Waals surface area contributed by atoms with Gasteiger partial charge in [-0.05, 0) is 26.0 Å². The summed E-state index contributed by atoms with van der Waals surface area (Å²) in [5.74, 6) is 0.809. The molecular weight excluding hydrogens is 356 g/mol. The van der Waals surface area contributed by atoms with E-state index >= 15 is 0 Å². The Morgan fingerprint density at radius 2 is 1.89 bits per heavy atom. The van der Waals surface area contributed by atoms with Gasteiger partial charge < -0.3 is 25.3 Å². The molecule has 2 heterocycles.